The first kappa shape index (κ1) is 14.9. The maximum Gasteiger partial charge on any atom is 0.0870 e. The molecule has 1 fully saturated rings. The second kappa shape index (κ2) is 7.31. The van der Waals surface area contributed by atoms with Crippen molar-refractivity contribution >= 4 is 0 Å². The molecule has 1 atom stereocenters. The van der Waals surface area contributed by atoms with E-state index in [-0.39, 0.29) is 17.7 Å². The van der Waals surface area contributed by atoms with Gasteiger partial charge in [-0.25, -0.2) is 0 Å². The predicted molar refractivity (Wildman–Crippen MR) is 69.6 cm³/mol. The Kier molecular flexibility index (Phi) is 6.41. The molecule has 102 valence electrons. The number of ether oxygens (including phenoxy) is 2. The molecule has 4 heteroatoms. The SMILES string of the molecule is CCOC1(C(COC(C)C)NN)CCCCC1. The molecule has 0 bridgehead atoms. The quantitative estimate of drug-likeness (QED) is 0.531. The van der Waals surface area contributed by atoms with Gasteiger partial charge in [0.2, 0.25) is 0 Å². The van der Waals surface area contributed by atoms with Gasteiger partial charge in [0.1, 0.15) is 0 Å². The summed E-state index contributed by atoms with van der Waals surface area (Å²) in [5, 5.41) is 0. The predicted octanol–water partition coefficient (Wildman–Crippen LogP) is 1.98. The van der Waals surface area contributed by atoms with E-state index in [1.54, 1.807) is 0 Å². The fourth-order valence-electron chi connectivity index (χ4n) is 2.67. The fourth-order valence-corrected chi connectivity index (χ4v) is 2.67. The second-order valence-electron chi connectivity index (χ2n) is 5.16. The van der Waals surface area contributed by atoms with E-state index in [1.165, 1.54) is 19.3 Å². The van der Waals surface area contributed by atoms with Gasteiger partial charge in [0, 0.05) is 6.61 Å². The molecule has 0 aromatic rings. The highest BCUT2D eigenvalue weighted by atomic mass is 16.5. The maximum absolute atomic E-state index is 6.03. The highest BCUT2D eigenvalue weighted by Gasteiger charge is 2.40. The van der Waals surface area contributed by atoms with Gasteiger partial charge in [-0.3, -0.25) is 11.3 Å². The van der Waals surface area contributed by atoms with Crippen LogP contribution in [0.2, 0.25) is 0 Å². The summed E-state index contributed by atoms with van der Waals surface area (Å²) in [4.78, 5) is 0. The molecule has 0 aromatic heterocycles. The lowest BCUT2D eigenvalue weighted by Gasteiger charge is -2.43. The van der Waals surface area contributed by atoms with E-state index in [0.717, 1.165) is 19.4 Å². The van der Waals surface area contributed by atoms with Gasteiger partial charge < -0.3 is 9.47 Å². The van der Waals surface area contributed by atoms with Gasteiger partial charge in [-0.05, 0) is 33.6 Å². The van der Waals surface area contributed by atoms with E-state index < -0.39 is 0 Å². The molecule has 17 heavy (non-hydrogen) atoms. The molecular formula is C13H28N2O2. The first-order valence-corrected chi connectivity index (χ1v) is 6.86. The van der Waals surface area contributed by atoms with Crippen LogP contribution in [-0.2, 0) is 9.47 Å². The van der Waals surface area contributed by atoms with Crippen LogP contribution in [-0.4, -0.2) is 31.0 Å². The monoisotopic (exact) mass is 244 g/mol. The molecular weight excluding hydrogens is 216 g/mol. The van der Waals surface area contributed by atoms with Crippen LogP contribution < -0.4 is 11.3 Å². The summed E-state index contributed by atoms with van der Waals surface area (Å²) >= 11 is 0. The number of hydrazine groups is 1. The molecule has 1 aliphatic rings. The third-order valence-electron chi connectivity index (χ3n) is 3.56. The van der Waals surface area contributed by atoms with E-state index in [2.05, 4.69) is 5.43 Å². The van der Waals surface area contributed by atoms with Crippen LogP contribution in [0.1, 0.15) is 52.9 Å². The van der Waals surface area contributed by atoms with Crippen LogP contribution in [0.5, 0.6) is 0 Å². The molecule has 0 heterocycles. The maximum atomic E-state index is 6.03. The van der Waals surface area contributed by atoms with Crippen molar-refractivity contribution in [2.24, 2.45) is 5.84 Å². The van der Waals surface area contributed by atoms with Crippen molar-refractivity contribution in [1.82, 2.24) is 5.43 Å². The molecule has 0 saturated heterocycles. The fraction of sp³-hybridized carbons (Fsp3) is 1.00. The summed E-state index contributed by atoms with van der Waals surface area (Å²) in [5.41, 5.74) is 2.77. The zero-order valence-corrected chi connectivity index (χ0v) is 11.5. The van der Waals surface area contributed by atoms with Crippen molar-refractivity contribution in [3.63, 3.8) is 0 Å². The lowest BCUT2D eigenvalue weighted by Crippen LogP contribution is -2.58. The summed E-state index contributed by atoms with van der Waals surface area (Å²) in [6.45, 7) is 7.49. The smallest absolute Gasteiger partial charge is 0.0870 e. The van der Waals surface area contributed by atoms with E-state index in [0.29, 0.717) is 6.61 Å². The van der Waals surface area contributed by atoms with Gasteiger partial charge in [-0.2, -0.15) is 0 Å². The first-order chi connectivity index (χ1) is 8.14. The Morgan fingerprint density at radius 1 is 1.24 bits per heavy atom. The Balaban J connectivity index is 2.63. The zero-order valence-electron chi connectivity index (χ0n) is 11.5. The number of nitrogens with one attached hydrogen (secondary N) is 1. The molecule has 0 aromatic carbocycles. The molecule has 0 spiro atoms. The minimum absolute atomic E-state index is 0.0881. The standard InChI is InChI=1S/C13H28N2O2/c1-4-17-13(8-6-5-7-9-13)12(15-14)10-16-11(2)3/h11-12,15H,4-10,14H2,1-3H3. The van der Waals surface area contributed by atoms with Crippen molar-refractivity contribution < 1.29 is 9.47 Å². The molecule has 1 aliphatic carbocycles. The van der Waals surface area contributed by atoms with Gasteiger partial charge in [0.05, 0.1) is 24.4 Å². The van der Waals surface area contributed by atoms with Crippen LogP contribution in [0.4, 0.5) is 0 Å². The van der Waals surface area contributed by atoms with Crippen LogP contribution in [0.3, 0.4) is 0 Å². The lowest BCUT2D eigenvalue weighted by atomic mass is 9.79. The zero-order chi connectivity index (χ0) is 12.7. The third kappa shape index (κ3) is 4.21. The van der Waals surface area contributed by atoms with Gasteiger partial charge >= 0.3 is 0 Å². The molecule has 1 rings (SSSR count). The topological polar surface area (TPSA) is 56.5 Å². The van der Waals surface area contributed by atoms with E-state index in [9.17, 15) is 0 Å². The average molecular weight is 244 g/mol. The van der Waals surface area contributed by atoms with Crippen LogP contribution in [0, 0.1) is 0 Å². The van der Waals surface area contributed by atoms with Gasteiger partial charge in [0.15, 0.2) is 0 Å². The molecule has 0 radical (unpaired) electrons. The normalized spacial score (nSPS) is 21.7. The van der Waals surface area contributed by atoms with Gasteiger partial charge in [-0.15, -0.1) is 0 Å². The minimum atomic E-state index is -0.128. The van der Waals surface area contributed by atoms with E-state index in [1.807, 2.05) is 20.8 Å². The van der Waals surface area contributed by atoms with Crippen molar-refractivity contribution in [1.29, 1.82) is 0 Å². The summed E-state index contributed by atoms with van der Waals surface area (Å²) < 4.78 is 11.7. The van der Waals surface area contributed by atoms with Crippen molar-refractivity contribution in [3.8, 4) is 0 Å². The Morgan fingerprint density at radius 2 is 1.88 bits per heavy atom. The molecule has 4 nitrogen and oxygen atoms in total. The highest BCUT2D eigenvalue weighted by molar-refractivity contribution is 4.94. The largest absolute Gasteiger partial charge is 0.377 e. The van der Waals surface area contributed by atoms with Gasteiger partial charge in [-0.1, -0.05) is 19.3 Å². The Labute approximate surface area is 105 Å². The first-order valence-electron chi connectivity index (χ1n) is 6.86. The summed E-state index contributed by atoms with van der Waals surface area (Å²) in [7, 11) is 0. The molecule has 0 aliphatic heterocycles. The number of rotatable bonds is 7. The molecule has 3 N–H and O–H groups in total. The minimum Gasteiger partial charge on any atom is -0.377 e. The van der Waals surface area contributed by atoms with Crippen molar-refractivity contribution in [2.45, 2.75) is 70.6 Å². The second-order valence-corrected chi connectivity index (χ2v) is 5.16. The number of nitrogens with two attached hydrogens (primary N) is 1. The summed E-state index contributed by atoms with van der Waals surface area (Å²) in [6.07, 6.45) is 6.14. The average Bonchev–Trinajstić information content (AvgIpc) is 2.31. The number of hydrogen-bond acceptors (Lipinski definition) is 4. The Bertz CT molecular complexity index is 198. The van der Waals surface area contributed by atoms with E-state index >= 15 is 0 Å². The van der Waals surface area contributed by atoms with E-state index in [4.69, 9.17) is 15.3 Å². The highest BCUT2D eigenvalue weighted by Crippen LogP contribution is 2.34. The summed E-state index contributed by atoms with van der Waals surface area (Å²) in [6, 6.07) is 0.0881. The lowest BCUT2D eigenvalue weighted by molar-refractivity contribution is -0.110. The Hall–Kier alpha value is -0.160. The van der Waals surface area contributed by atoms with Crippen LogP contribution >= 0.6 is 0 Å². The Morgan fingerprint density at radius 3 is 2.35 bits per heavy atom. The molecule has 0 amide bonds. The molecule has 1 saturated carbocycles. The summed E-state index contributed by atoms with van der Waals surface area (Å²) in [5.74, 6) is 5.70. The van der Waals surface area contributed by atoms with Crippen LogP contribution in [0.15, 0.2) is 0 Å². The number of hydrogen-bond donors (Lipinski definition) is 2. The van der Waals surface area contributed by atoms with Crippen molar-refractivity contribution in [2.75, 3.05) is 13.2 Å². The van der Waals surface area contributed by atoms with Crippen LogP contribution in [0.25, 0.3) is 0 Å². The van der Waals surface area contributed by atoms with Gasteiger partial charge in [0.25, 0.3) is 0 Å². The van der Waals surface area contributed by atoms with Crippen molar-refractivity contribution in [3.05, 3.63) is 0 Å². The molecule has 1 unspecified atom stereocenters. The third-order valence-corrected chi connectivity index (χ3v) is 3.56.